The number of alkyl carbamates (subject to hydrolysis) is 1. The number of benzene rings is 2. The number of hydrogen-bond acceptors (Lipinski definition) is 5. The molecule has 2 N–H and O–H groups in total. The van der Waals surface area contributed by atoms with Crippen molar-refractivity contribution in [3.05, 3.63) is 77.1 Å². The second-order valence-electron chi connectivity index (χ2n) is 12.4. The maximum Gasteiger partial charge on any atom is 0.437 e. The number of nitrogens with zero attached hydrogens (tertiary/aromatic N) is 2. The predicted octanol–water partition coefficient (Wildman–Crippen LogP) is 7.80. The highest BCUT2D eigenvalue weighted by Gasteiger charge is 2.25. The average molecular weight is 607 g/mol. The second kappa shape index (κ2) is 14.3. The van der Waals surface area contributed by atoms with Crippen LogP contribution in [-0.4, -0.2) is 53.2 Å². The summed E-state index contributed by atoms with van der Waals surface area (Å²) in [7, 11) is 0. The molecular weight excluding hydrogens is 563 g/mol. The van der Waals surface area contributed by atoms with Gasteiger partial charge in [-0.15, -0.1) is 4.99 Å². The molecule has 44 heavy (non-hydrogen) atoms. The molecule has 1 heterocycles. The second-order valence-corrected chi connectivity index (χ2v) is 12.4. The fourth-order valence-corrected chi connectivity index (χ4v) is 4.51. The monoisotopic (exact) mass is 606 g/mol. The molecule has 0 unspecified atom stereocenters. The lowest BCUT2D eigenvalue weighted by molar-refractivity contribution is 0.0554. The normalized spacial score (nSPS) is 14.5. The third kappa shape index (κ3) is 10.1. The fourth-order valence-electron chi connectivity index (χ4n) is 4.51. The standard InChI is InChI=1S/C34H43FN4O5/c1-9-22(10-2)23-11-14-26(15-12-23)36-29(40)25-13-16-27(28(35)21-25)24-17-19-39(20-18-24)30(37-31(41)43-33(3,4)5)38-32(42)44-34(6,7)8/h9,11-17,21H,10,18-20H2,1-8H3,(H,36,40)(H,37,38,41,42)/b22-9+. The van der Waals surface area contributed by atoms with E-state index in [4.69, 9.17) is 9.47 Å². The van der Waals surface area contributed by atoms with Crippen LogP contribution in [0.2, 0.25) is 0 Å². The molecule has 0 aromatic heterocycles. The van der Waals surface area contributed by atoms with Crippen molar-refractivity contribution in [3.8, 4) is 0 Å². The summed E-state index contributed by atoms with van der Waals surface area (Å²) >= 11 is 0. The van der Waals surface area contributed by atoms with Crippen LogP contribution in [0.1, 0.15) is 89.7 Å². The van der Waals surface area contributed by atoms with E-state index >= 15 is 4.39 Å². The molecule has 0 aliphatic carbocycles. The van der Waals surface area contributed by atoms with E-state index < -0.39 is 35.1 Å². The largest absolute Gasteiger partial charge is 0.444 e. The van der Waals surface area contributed by atoms with Crippen molar-refractivity contribution in [2.75, 3.05) is 18.4 Å². The van der Waals surface area contributed by atoms with Gasteiger partial charge >= 0.3 is 12.2 Å². The van der Waals surface area contributed by atoms with Crippen LogP contribution < -0.4 is 10.6 Å². The first-order valence-corrected chi connectivity index (χ1v) is 14.7. The van der Waals surface area contributed by atoms with E-state index in [9.17, 15) is 14.4 Å². The van der Waals surface area contributed by atoms with Crippen LogP contribution in [0.5, 0.6) is 0 Å². The van der Waals surface area contributed by atoms with Crippen LogP contribution in [0, 0.1) is 5.82 Å². The zero-order valence-corrected chi connectivity index (χ0v) is 26.8. The van der Waals surface area contributed by atoms with E-state index in [0.29, 0.717) is 24.2 Å². The molecule has 0 spiro atoms. The molecule has 0 saturated heterocycles. The number of rotatable bonds is 5. The number of carbonyl (C=O) groups is 3. The first-order chi connectivity index (χ1) is 20.6. The molecule has 0 saturated carbocycles. The zero-order valence-electron chi connectivity index (χ0n) is 26.8. The third-order valence-electron chi connectivity index (χ3n) is 6.53. The SMILES string of the molecule is C/C=C(\CC)c1ccc(NC(=O)c2ccc(C3=CCN(/C(=N\C(=O)OC(C)(C)C)NC(=O)OC(C)(C)C)CC3)c(F)c2)cc1. The molecule has 0 bridgehead atoms. The van der Waals surface area contributed by atoms with Crippen LogP contribution in [0.4, 0.5) is 19.7 Å². The quantitative estimate of drug-likeness (QED) is 0.266. The summed E-state index contributed by atoms with van der Waals surface area (Å²) in [4.78, 5) is 43.4. The number of allylic oxidation sites excluding steroid dienone is 2. The van der Waals surface area contributed by atoms with Gasteiger partial charge in [-0.3, -0.25) is 10.1 Å². The van der Waals surface area contributed by atoms with Crippen molar-refractivity contribution >= 4 is 40.9 Å². The molecule has 3 rings (SSSR count). The number of anilines is 1. The maximum atomic E-state index is 15.3. The van der Waals surface area contributed by atoms with Crippen LogP contribution in [0.3, 0.4) is 0 Å². The van der Waals surface area contributed by atoms with Gasteiger partial charge in [-0.05, 0) is 102 Å². The van der Waals surface area contributed by atoms with E-state index in [-0.39, 0.29) is 18.1 Å². The third-order valence-corrected chi connectivity index (χ3v) is 6.53. The highest BCUT2D eigenvalue weighted by Crippen LogP contribution is 2.27. The number of guanidine groups is 1. The average Bonchev–Trinajstić information content (AvgIpc) is 2.92. The molecule has 2 aromatic carbocycles. The van der Waals surface area contributed by atoms with E-state index in [0.717, 1.165) is 17.6 Å². The summed E-state index contributed by atoms with van der Waals surface area (Å²) in [5.41, 5.74) is 2.69. The summed E-state index contributed by atoms with van der Waals surface area (Å²) in [6.07, 6.45) is 3.52. The van der Waals surface area contributed by atoms with Crippen molar-refractivity contribution in [1.82, 2.24) is 10.2 Å². The van der Waals surface area contributed by atoms with Gasteiger partial charge in [0.2, 0.25) is 5.96 Å². The first-order valence-electron chi connectivity index (χ1n) is 14.7. The van der Waals surface area contributed by atoms with Crippen molar-refractivity contribution < 1.29 is 28.2 Å². The molecule has 236 valence electrons. The van der Waals surface area contributed by atoms with Gasteiger partial charge in [0.25, 0.3) is 5.91 Å². The zero-order chi connectivity index (χ0) is 32.7. The Bertz CT molecular complexity index is 1460. The lowest BCUT2D eigenvalue weighted by Crippen LogP contribution is -2.48. The minimum absolute atomic E-state index is 0.0269. The summed E-state index contributed by atoms with van der Waals surface area (Å²) in [5.74, 6) is -0.964. The molecule has 10 heteroatoms. The Balaban J connectivity index is 1.73. The van der Waals surface area contributed by atoms with Crippen LogP contribution in [0.25, 0.3) is 11.1 Å². The molecule has 9 nitrogen and oxygen atoms in total. The van der Waals surface area contributed by atoms with Gasteiger partial charge in [0.05, 0.1) is 0 Å². The lowest BCUT2D eigenvalue weighted by atomic mass is 9.97. The van der Waals surface area contributed by atoms with Gasteiger partial charge in [0.1, 0.15) is 17.0 Å². The Morgan fingerprint density at radius 3 is 2.14 bits per heavy atom. The molecule has 2 aromatic rings. The summed E-state index contributed by atoms with van der Waals surface area (Å²) in [6.45, 7) is 15.0. The van der Waals surface area contributed by atoms with Gasteiger partial charge in [-0.2, -0.15) is 0 Å². The number of halogens is 1. The summed E-state index contributed by atoms with van der Waals surface area (Å²) in [6, 6.07) is 11.9. The van der Waals surface area contributed by atoms with Gasteiger partial charge in [-0.25, -0.2) is 14.0 Å². The van der Waals surface area contributed by atoms with E-state index in [2.05, 4.69) is 28.6 Å². The molecular formula is C34H43FN4O5. The Labute approximate surface area is 259 Å². The smallest absolute Gasteiger partial charge is 0.437 e. The van der Waals surface area contributed by atoms with Crippen molar-refractivity contribution in [2.45, 2.75) is 79.4 Å². The van der Waals surface area contributed by atoms with Crippen molar-refractivity contribution in [1.29, 1.82) is 0 Å². The summed E-state index contributed by atoms with van der Waals surface area (Å²) < 4.78 is 25.9. The number of nitrogens with one attached hydrogen (secondary N) is 2. The maximum absolute atomic E-state index is 15.3. The van der Waals surface area contributed by atoms with Gasteiger partial charge in [0.15, 0.2) is 0 Å². The number of carbonyl (C=O) groups excluding carboxylic acids is 3. The number of hydrogen-bond donors (Lipinski definition) is 2. The molecule has 1 aliphatic heterocycles. The van der Waals surface area contributed by atoms with Crippen LogP contribution in [0.15, 0.2) is 59.6 Å². The van der Waals surface area contributed by atoms with E-state index in [1.54, 1.807) is 64.7 Å². The highest BCUT2D eigenvalue weighted by atomic mass is 19.1. The van der Waals surface area contributed by atoms with Crippen molar-refractivity contribution in [2.24, 2.45) is 4.99 Å². The molecule has 1 aliphatic rings. The Hall–Kier alpha value is -4.47. The van der Waals surface area contributed by atoms with E-state index in [1.807, 2.05) is 31.2 Å². The topological polar surface area (TPSA) is 109 Å². The Morgan fingerprint density at radius 1 is 0.977 bits per heavy atom. The minimum atomic E-state index is -0.863. The van der Waals surface area contributed by atoms with Gasteiger partial charge < -0.3 is 19.7 Å². The fraction of sp³-hybridized carbons (Fsp3) is 0.412. The van der Waals surface area contributed by atoms with E-state index in [1.165, 1.54) is 11.6 Å². The molecule has 3 amide bonds. The molecule has 0 radical (unpaired) electrons. The van der Waals surface area contributed by atoms with Crippen LogP contribution in [-0.2, 0) is 9.47 Å². The predicted molar refractivity (Wildman–Crippen MR) is 172 cm³/mol. The Kier molecular flexibility index (Phi) is 11.1. The number of ether oxygens (including phenoxy) is 2. The first kappa shape index (κ1) is 34.0. The van der Waals surface area contributed by atoms with Gasteiger partial charge in [-0.1, -0.05) is 37.3 Å². The highest BCUT2D eigenvalue weighted by molar-refractivity contribution is 6.04. The van der Waals surface area contributed by atoms with Crippen LogP contribution >= 0.6 is 0 Å². The summed E-state index contributed by atoms with van der Waals surface area (Å²) in [5, 5.41) is 5.37. The van der Waals surface area contributed by atoms with Gasteiger partial charge in [0, 0.05) is 29.9 Å². The minimum Gasteiger partial charge on any atom is -0.444 e. The van der Waals surface area contributed by atoms with Crippen molar-refractivity contribution in [3.63, 3.8) is 0 Å². The lowest BCUT2D eigenvalue weighted by Gasteiger charge is -2.30. The molecule has 0 fully saturated rings. The molecule has 0 atom stereocenters. The Morgan fingerprint density at radius 2 is 1.61 bits per heavy atom. The number of amides is 3. The number of aliphatic imine (C=N–C) groups is 1.